The van der Waals surface area contributed by atoms with Crippen LogP contribution in [0.25, 0.3) is 0 Å². The highest BCUT2D eigenvalue weighted by Crippen LogP contribution is 2.02. The van der Waals surface area contributed by atoms with Gasteiger partial charge in [-0.1, -0.05) is 30.3 Å². The smallest absolute Gasteiger partial charge is 0.164 e. The van der Waals surface area contributed by atoms with Gasteiger partial charge in [-0.05, 0) is 12.0 Å². The van der Waals surface area contributed by atoms with Crippen molar-refractivity contribution in [3.8, 4) is 0 Å². The molecule has 0 bridgehead atoms. The lowest BCUT2D eigenvalue weighted by atomic mass is 10.0. The van der Waals surface area contributed by atoms with E-state index in [4.69, 9.17) is 17.3 Å². The van der Waals surface area contributed by atoms with Crippen LogP contribution in [0.15, 0.2) is 30.3 Å². The van der Waals surface area contributed by atoms with Crippen molar-refractivity contribution in [1.29, 1.82) is 0 Å². The first-order valence-electron chi connectivity index (χ1n) is 4.12. The molecule has 1 atom stereocenters. The zero-order chi connectivity index (χ0) is 9.68. The number of hydrogen-bond donors (Lipinski definition) is 1. The number of rotatable bonds is 4. The Morgan fingerprint density at radius 1 is 1.36 bits per heavy atom. The molecular weight excluding hydrogens is 221 g/mol. The van der Waals surface area contributed by atoms with Crippen LogP contribution in [-0.4, -0.2) is 17.7 Å². The van der Waals surface area contributed by atoms with Gasteiger partial charge in [-0.25, -0.2) is 0 Å². The first-order valence-corrected chi connectivity index (χ1v) is 4.65. The van der Waals surface area contributed by atoms with Gasteiger partial charge in [0.2, 0.25) is 0 Å². The number of alkyl halides is 1. The molecule has 4 heteroatoms. The molecule has 1 rings (SSSR count). The highest BCUT2D eigenvalue weighted by Gasteiger charge is 2.11. The van der Waals surface area contributed by atoms with Crippen LogP contribution in [0, 0.1) is 0 Å². The van der Waals surface area contributed by atoms with E-state index in [2.05, 4.69) is 0 Å². The minimum atomic E-state index is -0.472. The molecule has 0 spiro atoms. The third-order valence-electron chi connectivity index (χ3n) is 1.84. The number of nitrogens with two attached hydrogens (primary N) is 1. The average Bonchev–Trinajstić information content (AvgIpc) is 2.18. The first kappa shape index (κ1) is 13.4. The summed E-state index contributed by atoms with van der Waals surface area (Å²) in [5.41, 5.74) is 6.69. The normalized spacial score (nSPS) is 11.6. The predicted octanol–water partition coefficient (Wildman–Crippen LogP) is 1.79. The summed E-state index contributed by atoms with van der Waals surface area (Å²) in [5, 5.41) is 0. The quantitative estimate of drug-likeness (QED) is 0.807. The molecule has 0 aromatic heterocycles. The summed E-state index contributed by atoms with van der Waals surface area (Å²) in [6.07, 6.45) is 0.562. The van der Waals surface area contributed by atoms with Gasteiger partial charge in [0, 0.05) is 0 Å². The molecule has 0 fully saturated rings. The number of Topliss-reactive ketones (excluding diaryl/α,β-unsaturated/α-hetero) is 1. The van der Waals surface area contributed by atoms with Gasteiger partial charge in [0.1, 0.15) is 0 Å². The number of halogens is 2. The SMILES string of the molecule is Cl.N[C@@H](Cc1ccccc1)C(=O)CCl. The van der Waals surface area contributed by atoms with E-state index in [1.807, 2.05) is 30.3 Å². The van der Waals surface area contributed by atoms with Crippen molar-refractivity contribution in [1.82, 2.24) is 0 Å². The number of hydrogen-bond acceptors (Lipinski definition) is 2. The Morgan fingerprint density at radius 2 is 1.93 bits per heavy atom. The van der Waals surface area contributed by atoms with Crippen molar-refractivity contribution in [2.45, 2.75) is 12.5 Å². The lowest BCUT2D eigenvalue weighted by molar-refractivity contribution is -0.117. The minimum absolute atomic E-state index is 0. The molecule has 14 heavy (non-hydrogen) atoms. The molecule has 78 valence electrons. The lowest BCUT2D eigenvalue weighted by Gasteiger charge is -2.07. The summed E-state index contributed by atoms with van der Waals surface area (Å²) in [6.45, 7) is 0. The summed E-state index contributed by atoms with van der Waals surface area (Å²) >= 11 is 5.38. The van der Waals surface area contributed by atoms with Crippen LogP contribution in [0.1, 0.15) is 5.56 Å². The Morgan fingerprint density at radius 3 is 2.43 bits per heavy atom. The van der Waals surface area contributed by atoms with Gasteiger partial charge in [0.15, 0.2) is 5.78 Å². The van der Waals surface area contributed by atoms with E-state index >= 15 is 0 Å². The molecule has 0 aliphatic carbocycles. The van der Waals surface area contributed by atoms with Crippen LogP contribution >= 0.6 is 24.0 Å². The Bertz CT molecular complexity index is 277. The zero-order valence-corrected chi connectivity index (χ0v) is 9.22. The molecule has 1 aromatic carbocycles. The number of carbonyl (C=O) groups is 1. The second kappa shape index (κ2) is 6.82. The molecule has 0 radical (unpaired) electrons. The van der Waals surface area contributed by atoms with Crippen molar-refractivity contribution >= 4 is 29.8 Å². The predicted molar refractivity (Wildman–Crippen MR) is 61.1 cm³/mol. The number of ketones is 1. The molecule has 0 heterocycles. The monoisotopic (exact) mass is 233 g/mol. The van der Waals surface area contributed by atoms with E-state index in [1.54, 1.807) is 0 Å². The average molecular weight is 234 g/mol. The minimum Gasteiger partial charge on any atom is -0.321 e. The van der Waals surface area contributed by atoms with Gasteiger partial charge >= 0.3 is 0 Å². The maximum Gasteiger partial charge on any atom is 0.164 e. The van der Waals surface area contributed by atoms with Crippen LogP contribution in [-0.2, 0) is 11.2 Å². The maximum atomic E-state index is 11.1. The number of carbonyl (C=O) groups excluding carboxylic acids is 1. The largest absolute Gasteiger partial charge is 0.321 e. The molecule has 0 saturated heterocycles. The second-order valence-corrected chi connectivity index (χ2v) is 3.16. The number of benzene rings is 1. The molecule has 0 unspecified atom stereocenters. The van der Waals surface area contributed by atoms with Crippen molar-refractivity contribution < 1.29 is 4.79 Å². The van der Waals surface area contributed by atoms with Gasteiger partial charge in [-0.2, -0.15) is 0 Å². The molecule has 0 saturated carbocycles. The molecule has 2 N–H and O–H groups in total. The first-order chi connectivity index (χ1) is 6.24. The summed E-state index contributed by atoms with van der Waals surface area (Å²) in [5.74, 6) is -0.112. The third kappa shape index (κ3) is 4.09. The molecule has 0 aliphatic heterocycles. The highest BCUT2D eigenvalue weighted by atomic mass is 35.5. The second-order valence-electron chi connectivity index (χ2n) is 2.90. The Labute approximate surface area is 94.8 Å². The highest BCUT2D eigenvalue weighted by molar-refractivity contribution is 6.28. The van der Waals surface area contributed by atoms with Crippen LogP contribution in [0.2, 0.25) is 0 Å². The van der Waals surface area contributed by atoms with E-state index in [-0.39, 0.29) is 24.1 Å². The van der Waals surface area contributed by atoms with Gasteiger partial charge in [0.25, 0.3) is 0 Å². The molecular formula is C10H13Cl2NO. The fourth-order valence-electron chi connectivity index (χ4n) is 1.08. The van der Waals surface area contributed by atoms with E-state index in [0.717, 1.165) is 5.56 Å². The van der Waals surface area contributed by atoms with Gasteiger partial charge in [0.05, 0.1) is 11.9 Å². The maximum absolute atomic E-state index is 11.1. The Hall–Kier alpha value is -0.570. The van der Waals surface area contributed by atoms with Crippen LogP contribution < -0.4 is 5.73 Å². The van der Waals surface area contributed by atoms with Gasteiger partial charge in [-0.15, -0.1) is 24.0 Å². The fourth-order valence-corrected chi connectivity index (χ4v) is 1.28. The Kier molecular flexibility index (Phi) is 6.54. The molecule has 1 aromatic rings. The van der Waals surface area contributed by atoms with Crippen LogP contribution in [0.5, 0.6) is 0 Å². The van der Waals surface area contributed by atoms with E-state index < -0.39 is 6.04 Å². The topological polar surface area (TPSA) is 43.1 Å². The summed E-state index contributed by atoms with van der Waals surface area (Å²) in [7, 11) is 0. The third-order valence-corrected chi connectivity index (χ3v) is 2.11. The fraction of sp³-hybridized carbons (Fsp3) is 0.300. The summed E-state index contributed by atoms with van der Waals surface area (Å²) in [6, 6.07) is 9.20. The van der Waals surface area contributed by atoms with Crippen molar-refractivity contribution in [3.63, 3.8) is 0 Å². The van der Waals surface area contributed by atoms with E-state index in [9.17, 15) is 4.79 Å². The van der Waals surface area contributed by atoms with Crippen LogP contribution in [0.4, 0.5) is 0 Å². The summed E-state index contributed by atoms with van der Waals surface area (Å²) < 4.78 is 0. The van der Waals surface area contributed by atoms with Crippen molar-refractivity contribution in [3.05, 3.63) is 35.9 Å². The van der Waals surface area contributed by atoms with Crippen molar-refractivity contribution in [2.24, 2.45) is 5.73 Å². The van der Waals surface area contributed by atoms with Crippen LogP contribution in [0.3, 0.4) is 0 Å². The lowest BCUT2D eigenvalue weighted by Crippen LogP contribution is -2.33. The molecule has 0 aliphatic rings. The van der Waals surface area contributed by atoms with Gasteiger partial charge < -0.3 is 5.73 Å². The Balaban J connectivity index is 0.00000169. The van der Waals surface area contributed by atoms with E-state index in [1.165, 1.54) is 0 Å². The molecule has 2 nitrogen and oxygen atoms in total. The van der Waals surface area contributed by atoms with Gasteiger partial charge in [-0.3, -0.25) is 4.79 Å². The van der Waals surface area contributed by atoms with Crippen molar-refractivity contribution in [2.75, 3.05) is 5.88 Å². The van der Waals surface area contributed by atoms with E-state index in [0.29, 0.717) is 6.42 Å². The summed E-state index contributed by atoms with van der Waals surface area (Å²) in [4.78, 5) is 11.1. The standard InChI is InChI=1S/C10H12ClNO.ClH/c11-7-10(13)9(12)6-8-4-2-1-3-5-8;/h1-5,9H,6-7,12H2;1H/t9-;/m0./s1. The molecule has 0 amide bonds. The zero-order valence-electron chi connectivity index (χ0n) is 7.65.